The van der Waals surface area contributed by atoms with E-state index in [1.54, 1.807) is 0 Å². The number of hydrogen-bond acceptors (Lipinski definition) is 4. The molecule has 21 heavy (non-hydrogen) atoms. The normalized spacial score (nSPS) is 23.1. The zero-order chi connectivity index (χ0) is 15.0. The van der Waals surface area contributed by atoms with Crippen molar-refractivity contribution >= 4 is 10.0 Å². The van der Waals surface area contributed by atoms with Crippen LogP contribution in [-0.2, 0) is 10.0 Å². The lowest BCUT2D eigenvalue weighted by Crippen LogP contribution is -2.58. The third kappa shape index (κ3) is 2.96. The maximum Gasteiger partial charge on any atom is 0.243 e. The van der Waals surface area contributed by atoms with Crippen molar-refractivity contribution in [3.63, 3.8) is 0 Å². The van der Waals surface area contributed by atoms with Gasteiger partial charge in [0.25, 0.3) is 0 Å². The van der Waals surface area contributed by atoms with Gasteiger partial charge in [0.2, 0.25) is 10.0 Å². The Hall–Kier alpha value is -1.02. The van der Waals surface area contributed by atoms with Crippen LogP contribution in [0.15, 0.2) is 29.2 Å². The Morgan fingerprint density at radius 1 is 1.19 bits per heavy atom. The SMILES string of the molecule is O=S(=O)(c1cccc(F)c1)N1CCC(N2CC(O)C2)CC1. The zero-order valence-electron chi connectivity index (χ0n) is 11.7. The first-order valence-corrected chi connectivity index (χ1v) is 8.58. The van der Waals surface area contributed by atoms with Crippen LogP contribution < -0.4 is 0 Å². The number of hydrogen-bond donors (Lipinski definition) is 1. The average molecular weight is 314 g/mol. The molecule has 1 aromatic carbocycles. The number of piperidine rings is 1. The van der Waals surface area contributed by atoms with Crippen LogP contribution in [0.25, 0.3) is 0 Å². The van der Waals surface area contributed by atoms with Crippen molar-refractivity contribution in [2.75, 3.05) is 26.2 Å². The molecular formula is C14H19FN2O3S. The van der Waals surface area contributed by atoms with Crippen LogP contribution in [0.4, 0.5) is 4.39 Å². The summed E-state index contributed by atoms with van der Waals surface area (Å²) in [5.74, 6) is -0.541. The Morgan fingerprint density at radius 2 is 1.86 bits per heavy atom. The fourth-order valence-electron chi connectivity index (χ4n) is 3.01. The molecule has 0 unspecified atom stereocenters. The molecule has 5 nitrogen and oxygen atoms in total. The van der Waals surface area contributed by atoms with E-state index in [-0.39, 0.29) is 11.0 Å². The molecule has 1 aromatic rings. The highest BCUT2D eigenvalue weighted by Gasteiger charge is 2.36. The van der Waals surface area contributed by atoms with E-state index in [1.165, 1.54) is 22.5 Å². The molecule has 0 saturated carbocycles. The molecule has 0 radical (unpaired) electrons. The van der Waals surface area contributed by atoms with Gasteiger partial charge in [0, 0.05) is 32.2 Å². The smallest absolute Gasteiger partial charge is 0.243 e. The monoisotopic (exact) mass is 314 g/mol. The van der Waals surface area contributed by atoms with Gasteiger partial charge in [0.1, 0.15) is 5.82 Å². The Bertz CT molecular complexity index is 608. The van der Waals surface area contributed by atoms with Gasteiger partial charge in [-0.25, -0.2) is 12.8 Å². The number of nitrogens with zero attached hydrogens (tertiary/aromatic N) is 2. The van der Waals surface area contributed by atoms with E-state index < -0.39 is 15.8 Å². The van der Waals surface area contributed by atoms with Crippen molar-refractivity contribution in [2.45, 2.75) is 29.9 Å². The maximum atomic E-state index is 13.2. The first-order chi connectivity index (χ1) is 9.96. The molecule has 116 valence electrons. The quantitative estimate of drug-likeness (QED) is 0.890. The Labute approximate surface area is 124 Å². The van der Waals surface area contributed by atoms with E-state index in [0.717, 1.165) is 18.9 Å². The number of sulfonamides is 1. The summed E-state index contributed by atoms with van der Waals surface area (Å²) in [6, 6.07) is 5.48. The third-order valence-electron chi connectivity index (χ3n) is 4.26. The van der Waals surface area contributed by atoms with Crippen molar-refractivity contribution in [3.8, 4) is 0 Å². The highest BCUT2D eigenvalue weighted by atomic mass is 32.2. The van der Waals surface area contributed by atoms with E-state index >= 15 is 0 Å². The van der Waals surface area contributed by atoms with Gasteiger partial charge in [-0.15, -0.1) is 0 Å². The summed E-state index contributed by atoms with van der Waals surface area (Å²) in [5, 5.41) is 9.32. The van der Waals surface area contributed by atoms with Crippen LogP contribution in [0.2, 0.25) is 0 Å². The molecule has 2 heterocycles. The maximum absolute atomic E-state index is 13.2. The van der Waals surface area contributed by atoms with E-state index in [0.29, 0.717) is 32.2 Å². The molecule has 0 spiro atoms. The molecule has 7 heteroatoms. The van der Waals surface area contributed by atoms with Crippen LogP contribution in [0.1, 0.15) is 12.8 Å². The van der Waals surface area contributed by atoms with E-state index in [9.17, 15) is 17.9 Å². The van der Waals surface area contributed by atoms with Gasteiger partial charge in [-0.2, -0.15) is 4.31 Å². The molecular weight excluding hydrogens is 295 g/mol. The standard InChI is InChI=1S/C14H19FN2O3S/c15-11-2-1-3-14(8-11)21(19,20)17-6-4-12(5-7-17)16-9-13(18)10-16/h1-3,8,12-13,18H,4-7,9-10H2. The first kappa shape index (κ1) is 14.9. The Morgan fingerprint density at radius 3 is 2.43 bits per heavy atom. The number of likely N-dealkylation sites (tertiary alicyclic amines) is 1. The van der Waals surface area contributed by atoms with Crippen molar-refractivity contribution in [3.05, 3.63) is 30.1 Å². The molecule has 0 aliphatic carbocycles. The molecule has 0 atom stereocenters. The average Bonchev–Trinajstić information content (AvgIpc) is 2.44. The van der Waals surface area contributed by atoms with Crippen molar-refractivity contribution < 1.29 is 17.9 Å². The molecule has 3 rings (SSSR count). The summed E-state index contributed by atoms with van der Waals surface area (Å²) >= 11 is 0. The number of aliphatic hydroxyl groups is 1. The lowest BCUT2D eigenvalue weighted by atomic mass is 10.00. The largest absolute Gasteiger partial charge is 0.390 e. The highest BCUT2D eigenvalue weighted by Crippen LogP contribution is 2.25. The summed E-state index contributed by atoms with van der Waals surface area (Å²) in [7, 11) is -3.61. The van der Waals surface area contributed by atoms with E-state index in [4.69, 9.17) is 0 Å². The Kier molecular flexibility index (Phi) is 4.00. The second-order valence-corrected chi connectivity index (χ2v) is 7.64. The molecule has 0 amide bonds. The summed E-state index contributed by atoms with van der Waals surface area (Å²) in [6.07, 6.45) is 1.27. The first-order valence-electron chi connectivity index (χ1n) is 7.14. The van der Waals surface area contributed by atoms with Gasteiger partial charge in [0.05, 0.1) is 11.0 Å². The second kappa shape index (κ2) is 5.64. The second-order valence-electron chi connectivity index (χ2n) is 5.70. The van der Waals surface area contributed by atoms with Crippen LogP contribution in [-0.4, -0.2) is 61.1 Å². The number of β-amino-alcohol motifs (C(OH)–C–C–N with tert-alkyl or cyclic N) is 1. The summed E-state index contributed by atoms with van der Waals surface area (Å²) < 4.78 is 39.5. The van der Waals surface area contributed by atoms with Crippen LogP contribution in [0.3, 0.4) is 0 Å². The lowest BCUT2D eigenvalue weighted by Gasteiger charge is -2.45. The summed E-state index contributed by atoms with van der Waals surface area (Å²) in [5.41, 5.74) is 0. The van der Waals surface area contributed by atoms with Gasteiger partial charge < -0.3 is 5.11 Å². The van der Waals surface area contributed by atoms with Gasteiger partial charge in [-0.3, -0.25) is 4.90 Å². The van der Waals surface area contributed by atoms with Gasteiger partial charge in [-0.1, -0.05) is 6.07 Å². The van der Waals surface area contributed by atoms with Gasteiger partial charge in [0.15, 0.2) is 0 Å². The summed E-state index contributed by atoms with van der Waals surface area (Å²) in [6.45, 7) is 2.24. The van der Waals surface area contributed by atoms with Crippen molar-refractivity contribution in [1.29, 1.82) is 0 Å². The Balaban J connectivity index is 1.66. The van der Waals surface area contributed by atoms with Crippen molar-refractivity contribution in [1.82, 2.24) is 9.21 Å². The van der Waals surface area contributed by atoms with Crippen LogP contribution in [0, 0.1) is 5.82 Å². The number of rotatable bonds is 3. The zero-order valence-corrected chi connectivity index (χ0v) is 12.5. The van der Waals surface area contributed by atoms with Crippen LogP contribution >= 0.6 is 0 Å². The number of aliphatic hydroxyl groups excluding tert-OH is 1. The molecule has 0 aromatic heterocycles. The minimum atomic E-state index is -3.61. The number of halogens is 1. The fourth-order valence-corrected chi connectivity index (χ4v) is 4.51. The van der Waals surface area contributed by atoms with Gasteiger partial charge >= 0.3 is 0 Å². The predicted octanol–water partition coefficient (Wildman–Crippen LogP) is 0.655. The number of benzene rings is 1. The van der Waals surface area contributed by atoms with Crippen LogP contribution in [0.5, 0.6) is 0 Å². The van der Waals surface area contributed by atoms with Gasteiger partial charge in [-0.05, 0) is 31.0 Å². The fraction of sp³-hybridized carbons (Fsp3) is 0.571. The predicted molar refractivity (Wildman–Crippen MR) is 75.8 cm³/mol. The topological polar surface area (TPSA) is 60.9 Å². The lowest BCUT2D eigenvalue weighted by molar-refractivity contribution is -0.0353. The molecule has 1 N–H and O–H groups in total. The third-order valence-corrected chi connectivity index (χ3v) is 6.16. The molecule has 2 fully saturated rings. The molecule has 2 aliphatic rings. The minimum absolute atomic E-state index is 0.0142. The molecule has 2 aliphatic heterocycles. The molecule has 0 bridgehead atoms. The van der Waals surface area contributed by atoms with E-state index in [1.807, 2.05) is 0 Å². The summed E-state index contributed by atoms with van der Waals surface area (Å²) in [4.78, 5) is 2.21. The molecule has 2 saturated heterocycles. The van der Waals surface area contributed by atoms with Crippen molar-refractivity contribution in [2.24, 2.45) is 0 Å². The van der Waals surface area contributed by atoms with E-state index in [2.05, 4.69) is 4.90 Å². The highest BCUT2D eigenvalue weighted by molar-refractivity contribution is 7.89. The minimum Gasteiger partial charge on any atom is -0.390 e.